The highest BCUT2D eigenvalue weighted by atomic mass is 32.2. The predicted octanol–water partition coefficient (Wildman–Crippen LogP) is 5.69. The molecular weight excluding hydrogens is 332 g/mol. The molecule has 5 heteroatoms. The molecule has 0 aliphatic heterocycles. The van der Waals surface area contributed by atoms with E-state index < -0.39 is 10.2 Å². The molecule has 0 saturated heterocycles. The Morgan fingerprint density at radius 2 is 0.760 bits per heavy atom. The Bertz CT molecular complexity index is 331. The van der Waals surface area contributed by atoms with E-state index in [1.807, 2.05) is 0 Å². The largest absolute Gasteiger partial charge is 0.276 e. The fourth-order valence-electron chi connectivity index (χ4n) is 2.98. The Morgan fingerprint density at radius 1 is 0.480 bits per heavy atom. The van der Waals surface area contributed by atoms with Crippen molar-refractivity contribution < 1.29 is 8.42 Å². The lowest BCUT2D eigenvalue weighted by molar-refractivity contribution is 0.542. The van der Waals surface area contributed by atoms with Gasteiger partial charge in [-0.25, -0.2) is 9.44 Å². The van der Waals surface area contributed by atoms with Crippen LogP contribution in [0.15, 0.2) is 0 Å². The molecule has 0 atom stereocenters. The molecule has 0 radical (unpaired) electrons. The summed E-state index contributed by atoms with van der Waals surface area (Å²) in [6.45, 7) is 5.58. The SMILES string of the molecule is CCCCCCCCCCNS(=O)(=O)NCCCCCCCCCC. The van der Waals surface area contributed by atoms with Crippen molar-refractivity contribution in [2.75, 3.05) is 13.1 Å². The van der Waals surface area contributed by atoms with Crippen LogP contribution in [0.25, 0.3) is 0 Å². The van der Waals surface area contributed by atoms with Crippen LogP contribution in [0.4, 0.5) is 0 Å². The summed E-state index contributed by atoms with van der Waals surface area (Å²) < 4.78 is 29.0. The molecule has 0 saturated carbocycles. The van der Waals surface area contributed by atoms with Gasteiger partial charge in [0.25, 0.3) is 10.2 Å². The molecule has 2 N–H and O–H groups in total. The van der Waals surface area contributed by atoms with E-state index in [9.17, 15) is 8.42 Å². The Morgan fingerprint density at radius 3 is 1.08 bits per heavy atom. The maximum Gasteiger partial charge on any atom is 0.276 e. The van der Waals surface area contributed by atoms with E-state index in [2.05, 4.69) is 23.3 Å². The minimum Gasteiger partial charge on any atom is -0.202 e. The Labute approximate surface area is 158 Å². The van der Waals surface area contributed by atoms with E-state index in [-0.39, 0.29) is 0 Å². The van der Waals surface area contributed by atoms with Crippen molar-refractivity contribution in [2.24, 2.45) is 0 Å². The Balaban J connectivity index is 3.35. The van der Waals surface area contributed by atoms with Crippen LogP contribution in [0.1, 0.15) is 117 Å². The van der Waals surface area contributed by atoms with Gasteiger partial charge >= 0.3 is 0 Å². The van der Waals surface area contributed by atoms with E-state index in [1.165, 1.54) is 77.0 Å². The highest BCUT2D eigenvalue weighted by Crippen LogP contribution is 2.09. The first-order valence-electron chi connectivity index (χ1n) is 10.9. The standard InChI is InChI=1S/C20H44N2O2S/c1-3-5-7-9-11-13-15-17-19-21-25(23,24)22-20-18-16-14-12-10-8-6-4-2/h21-22H,3-20H2,1-2H3. The zero-order chi connectivity index (χ0) is 18.6. The van der Waals surface area contributed by atoms with Crippen LogP contribution in [-0.2, 0) is 10.2 Å². The molecule has 0 fully saturated rings. The van der Waals surface area contributed by atoms with Crippen molar-refractivity contribution >= 4 is 10.2 Å². The van der Waals surface area contributed by atoms with Gasteiger partial charge in [-0.1, -0.05) is 104 Å². The molecule has 0 heterocycles. The lowest BCUT2D eigenvalue weighted by atomic mass is 10.1. The number of hydrogen-bond acceptors (Lipinski definition) is 2. The molecule has 25 heavy (non-hydrogen) atoms. The van der Waals surface area contributed by atoms with Crippen molar-refractivity contribution in [3.63, 3.8) is 0 Å². The van der Waals surface area contributed by atoms with E-state index in [0.717, 1.165) is 25.7 Å². The molecule has 0 amide bonds. The summed E-state index contributed by atoms with van der Waals surface area (Å²) in [5, 5.41) is 0. The van der Waals surface area contributed by atoms with Gasteiger partial charge in [-0.2, -0.15) is 8.42 Å². The van der Waals surface area contributed by atoms with Gasteiger partial charge in [-0.05, 0) is 12.8 Å². The maximum atomic E-state index is 11.8. The smallest absolute Gasteiger partial charge is 0.202 e. The second kappa shape index (κ2) is 18.7. The minimum absolute atomic E-state index is 0.557. The Kier molecular flexibility index (Phi) is 18.6. The third-order valence-electron chi connectivity index (χ3n) is 4.64. The summed E-state index contributed by atoms with van der Waals surface area (Å²) in [6.07, 6.45) is 19.7. The summed E-state index contributed by atoms with van der Waals surface area (Å²) in [5.74, 6) is 0. The Hall–Kier alpha value is -0.130. The molecule has 0 spiro atoms. The highest BCUT2D eigenvalue weighted by Gasteiger charge is 2.07. The molecule has 152 valence electrons. The molecule has 4 nitrogen and oxygen atoms in total. The van der Waals surface area contributed by atoms with Crippen LogP contribution < -0.4 is 9.44 Å². The summed E-state index contributed by atoms with van der Waals surface area (Å²) in [4.78, 5) is 0. The molecular formula is C20H44N2O2S. The number of hydrogen-bond donors (Lipinski definition) is 2. The van der Waals surface area contributed by atoms with E-state index in [1.54, 1.807) is 0 Å². The van der Waals surface area contributed by atoms with Gasteiger partial charge in [-0.15, -0.1) is 0 Å². The van der Waals surface area contributed by atoms with Crippen molar-refractivity contribution in [3.8, 4) is 0 Å². The number of nitrogens with one attached hydrogen (secondary N) is 2. The van der Waals surface area contributed by atoms with E-state index in [4.69, 9.17) is 0 Å². The third kappa shape index (κ3) is 20.0. The second-order valence-corrected chi connectivity index (χ2v) is 8.83. The van der Waals surface area contributed by atoms with Gasteiger partial charge in [0.2, 0.25) is 0 Å². The van der Waals surface area contributed by atoms with Crippen LogP contribution in [0.3, 0.4) is 0 Å². The first-order valence-corrected chi connectivity index (χ1v) is 12.3. The first-order chi connectivity index (χ1) is 12.1. The normalized spacial score (nSPS) is 11.9. The van der Waals surface area contributed by atoms with Crippen LogP contribution >= 0.6 is 0 Å². The zero-order valence-corrected chi connectivity index (χ0v) is 17.8. The summed E-state index contributed by atoms with van der Waals surface area (Å²) in [7, 11) is -3.29. The molecule has 0 rings (SSSR count). The van der Waals surface area contributed by atoms with Crippen molar-refractivity contribution in [3.05, 3.63) is 0 Å². The molecule has 0 aromatic rings. The van der Waals surface area contributed by atoms with Gasteiger partial charge in [0.1, 0.15) is 0 Å². The number of unbranched alkanes of at least 4 members (excludes halogenated alkanes) is 14. The third-order valence-corrected chi connectivity index (χ3v) is 5.81. The first kappa shape index (κ1) is 24.9. The molecule has 0 bridgehead atoms. The highest BCUT2D eigenvalue weighted by molar-refractivity contribution is 7.87. The molecule has 0 aromatic heterocycles. The summed E-state index contributed by atoms with van der Waals surface area (Å²) in [5.41, 5.74) is 0. The lowest BCUT2D eigenvalue weighted by Crippen LogP contribution is -2.37. The molecule has 0 aromatic carbocycles. The van der Waals surface area contributed by atoms with Crippen molar-refractivity contribution in [2.45, 2.75) is 117 Å². The predicted molar refractivity (Wildman–Crippen MR) is 110 cm³/mol. The van der Waals surface area contributed by atoms with Crippen molar-refractivity contribution in [1.29, 1.82) is 0 Å². The van der Waals surface area contributed by atoms with E-state index >= 15 is 0 Å². The van der Waals surface area contributed by atoms with Gasteiger partial charge in [-0.3, -0.25) is 0 Å². The van der Waals surface area contributed by atoms with Crippen LogP contribution in [0, 0.1) is 0 Å². The quantitative estimate of drug-likeness (QED) is 0.268. The molecule has 0 unspecified atom stereocenters. The van der Waals surface area contributed by atoms with Crippen LogP contribution in [0.2, 0.25) is 0 Å². The fraction of sp³-hybridized carbons (Fsp3) is 1.00. The van der Waals surface area contributed by atoms with Crippen molar-refractivity contribution in [1.82, 2.24) is 9.44 Å². The fourth-order valence-corrected chi connectivity index (χ4v) is 3.91. The zero-order valence-electron chi connectivity index (χ0n) is 17.0. The minimum atomic E-state index is -3.29. The van der Waals surface area contributed by atoms with E-state index in [0.29, 0.717) is 13.1 Å². The number of rotatable bonds is 20. The summed E-state index contributed by atoms with van der Waals surface area (Å²) >= 11 is 0. The summed E-state index contributed by atoms with van der Waals surface area (Å²) in [6, 6.07) is 0. The van der Waals surface area contributed by atoms with Gasteiger partial charge in [0.15, 0.2) is 0 Å². The van der Waals surface area contributed by atoms with Gasteiger partial charge < -0.3 is 0 Å². The average molecular weight is 377 g/mol. The molecule has 0 aliphatic rings. The van der Waals surface area contributed by atoms with Crippen LogP contribution in [-0.4, -0.2) is 21.5 Å². The monoisotopic (exact) mass is 376 g/mol. The van der Waals surface area contributed by atoms with Gasteiger partial charge in [0.05, 0.1) is 0 Å². The molecule has 0 aliphatic carbocycles. The average Bonchev–Trinajstić information content (AvgIpc) is 2.59. The maximum absolute atomic E-state index is 11.8. The second-order valence-electron chi connectivity index (χ2n) is 7.24. The van der Waals surface area contributed by atoms with Crippen LogP contribution in [0.5, 0.6) is 0 Å². The van der Waals surface area contributed by atoms with Gasteiger partial charge in [0, 0.05) is 13.1 Å². The topological polar surface area (TPSA) is 58.2 Å². The lowest BCUT2D eigenvalue weighted by Gasteiger charge is -2.08.